The molecule has 1 aliphatic rings. The fourth-order valence-corrected chi connectivity index (χ4v) is 4.42. The number of methoxy groups -OCH3 is 2. The van der Waals surface area contributed by atoms with E-state index in [1.54, 1.807) is 25.6 Å². The number of hydrogen-bond donors (Lipinski definition) is 1. The Hall–Kier alpha value is -1.84. The number of benzene rings is 1. The Labute approximate surface area is 193 Å². The van der Waals surface area contributed by atoms with Crippen molar-refractivity contribution in [3.8, 4) is 22.1 Å². The van der Waals surface area contributed by atoms with E-state index in [0.29, 0.717) is 0 Å². The zero-order chi connectivity index (χ0) is 19.5. The highest BCUT2D eigenvalue weighted by molar-refractivity contribution is 7.13. The fourth-order valence-electron chi connectivity index (χ4n) is 3.58. The predicted molar refractivity (Wildman–Crippen MR) is 124 cm³/mol. The van der Waals surface area contributed by atoms with Crippen LogP contribution in [0.3, 0.4) is 0 Å². The molecule has 3 aromatic rings. The topological polar surface area (TPSA) is 64.4 Å². The lowest BCUT2D eigenvalue weighted by Crippen LogP contribution is -2.46. The first-order valence-corrected chi connectivity index (χ1v) is 10.2. The van der Waals surface area contributed by atoms with Crippen LogP contribution in [0.25, 0.3) is 10.6 Å². The fraction of sp³-hybridized carbons (Fsp3) is 0.400. The second-order valence-electron chi connectivity index (χ2n) is 6.80. The summed E-state index contributed by atoms with van der Waals surface area (Å²) in [5.41, 5.74) is 2.06. The first-order valence-electron chi connectivity index (χ1n) is 9.28. The van der Waals surface area contributed by atoms with Crippen molar-refractivity contribution in [3.05, 3.63) is 47.5 Å². The second-order valence-corrected chi connectivity index (χ2v) is 7.66. The summed E-state index contributed by atoms with van der Waals surface area (Å²) in [5, 5.41) is 6.57. The summed E-state index contributed by atoms with van der Waals surface area (Å²) in [4.78, 5) is 11.9. The van der Waals surface area contributed by atoms with Crippen LogP contribution in [0.4, 0.5) is 0 Å². The molecular formula is C20H27Cl2N5O2S. The van der Waals surface area contributed by atoms with Crippen molar-refractivity contribution in [2.45, 2.75) is 12.6 Å². The van der Waals surface area contributed by atoms with Gasteiger partial charge in [-0.2, -0.15) is 0 Å². The number of hydrogen-bond acceptors (Lipinski definition) is 7. The number of aromatic nitrogens is 3. The SMILES string of the molecule is COc1ccc(-c2nc(CN3CCNCC3c3nccn3C)cs2)c(OC)c1.Cl.Cl. The average Bonchev–Trinajstić information content (AvgIpc) is 3.37. The van der Waals surface area contributed by atoms with Crippen LogP contribution < -0.4 is 14.8 Å². The van der Waals surface area contributed by atoms with Crippen LogP contribution in [0.15, 0.2) is 36.0 Å². The van der Waals surface area contributed by atoms with Gasteiger partial charge in [-0.1, -0.05) is 0 Å². The van der Waals surface area contributed by atoms with Gasteiger partial charge in [0.1, 0.15) is 22.3 Å². The van der Waals surface area contributed by atoms with Crippen LogP contribution in [-0.4, -0.2) is 53.3 Å². The van der Waals surface area contributed by atoms with Crippen LogP contribution >= 0.6 is 36.2 Å². The number of nitrogens with one attached hydrogen (secondary N) is 1. The summed E-state index contributed by atoms with van der Waals surface area (Å²) in [6, 6.07) is 6.08. The Morgan fingerprint density at radius 1 is 1.23 bits per heavy atom. The Balaban J connectivity index is 0.00000160. The summed E-state index contributed by atoms with van der Waals surface area (Å²) in [7, 11) is 5.37. The largest absolute Gasteiger partial charge is 0.497 e. The molecule has 1 atom stereocenters. The summed E-state index contributed by atoms with van der Waals surface area (Å²) in [6.45, 7) is 3.64. The maximum Gasteiger partial charge on any atom is 0.132 e. The van der Waals surface area contributed by atoms with Crippen LogP contribution in [0.2, 0.25) is 0 Å². The summed E-state index contributed by atoms with van der Waals surface area (Å²) in [5.74, 6) is 2.63. The van der Waals surface area contributed by atoms with Crippen LogP contribution in [-0.2, 0) is 13.6 Å². The van der Waals surface area contributed by atoms with Gasteiger partial charge in [-0.3, -0.25) is 4.90 Å². The summed E-state index contributed by atoms with van der Waals surface area (Å²) in [6.07, 6.45) is 3.86. The van der Waals surface area contributed by atoms with Crippen molar-refractivity contribution in [1.29, 1.82) is 0 Å². The quantitative estimate of drug-likeness (QED) is 0.592. The van der Waals surface area contributed by atoms with E-state index >= 15 is 0 Å². The molecule has 0 saturated carbocycles. The van der Waals surface area contributed by atoms with E-state index in [1.807, 2.05) is 37.6 Å². The number of nitrogens with zero attached hydrogens (tertiary/aromatic N) is 4. The molecule has 1 N–H and O–H groups in total. The molecule has 0 radical (unpaired) electrons. The van der Waals surface area contributed by atoms with Crippen LogP contribution in [0.1, 0.15) is 17.6 Å². The third-order valence-corrected chi connectivity index (χ3v) is 5.99. The smallest absolute Gasteiger partial charge is 0.132 e. The molecule has 7 nitrogen and oxygen atoms in total. The molecule has 0 aliphatic carbocycles. The van der Waals surface area contributed by atoms with Crippen molar-refractivity contribution in [3.63, 3.8) is 0 Å². The summed E-state index contributed by atoms with van der Waals surface area (Å²) >= 11 is 1.64. The van der Waals surface area contributed by atoms with Gasteiger partial charge in [0, 0.05) is 57.1 Å². The predicted octanol–water partition coefficient (Wildman–Crippen LogP) is 3.55. The third kappa shape index (κ3) is 5.07. The van der Waals surface area contributed by atoms with Gasteiger partial charge in [0.05, 0.1) is 31.5 Å². The van der Waals surface area contributed by atoms with Gasteiger partial charge in [-0.15, -0.1) is 36.2 Å². The monoisotopic (exact) mass is 471 g/mol. The lowest BCUT2D eigenvalue weighted by atomic mass is 10.1. The normalized spacial score (nSPS) is 16.4. The van der Waals surface area contributed by atoms with Crippen molar-refractivity contribution in [2.24, 2.45) is 7.05 Å². The number of rotatable bonds is 6. The minimum atomic E-state index is 0. The van der Waals surface area contributed by atoms with Gasteiger partial charge in [0.2, 0.25) is 0 Å². The van der Waals surface area contributed by atoms with E-state index in [9.17, 15) is 0 Å². The molecule has 30 heavy (non-hydrogen) atoms. The highest BCUT2D eigenvalue weighted by Gasteiger charge is 2.27. The number of aryl methyl sites for hydroxylation is 1. The number of piperazine rings is 1. The van der Waals surface area contributed by atoms with Gasteiger partial charge < -0.3 is 19.4 Å². The average molecular weight is 472 g/mol. The molecule has 0 amide bonds. The molecular weight excluding hydrogens is 445 g/mol. The van der Waals surface area contributed by atoms with Crippen LogP contribution in [0, 0.1) is 0 Å². The van der Waals surface area contributed by atoms with E-state index in [-0.39, 0.29) is 30.9 Å². The van der Waals surface area contributed by atoms with E-state index in [0.717, 1.165) is 59.8 Å². The number of ether oxygens (including phenoxy) is 2. The van der Waals surface area contributed by atoms with E-state index in [2.05, 4.69) is 25.1 Å². The van der Waals surface area contributed by atoms with Gasteiger partial charge in [0.15, 0.2) is 0 Å². The minimum absolute atomic E-state index is 0. The standard InChI is InChI=1S/C20H25N5O2S.2ClH/c1-24-8-7-22-19(24)17-11-21-6-9-25(17)12-14-13-28-20(23-14)16-5-4-15(26-2)10-18(16)27-3;;/h4-5,7-8,10,13,17,21H,6,9,11-12H2,1-3H3;2*1H. The van der Waals surface area contributed by atoms with E-state index in [1.165, 1.54) is 0 Å². The molecule has 1 fully saturated rings. The molecule has 0 spiro atoms. The van der Waals surface area contributed by atoms with E-state index < -0.39 is 0 Å². The molecule has 4 rings (SSSR count). The Morgan fingerprint density at radius 2 is 2.07 bits per heavy atom. The molecule has 1 aromatic carbocycles. The minimum Gasteiger partial charge on any atom is -0.497 e. The molecule has 10 heteroatoms. The molecule has 1 unspecified atom stereocenters. The number of halogens is 2. The first-order chi connectivity index (χ1) is 13.7. The van der Waals surface area contributed by atoms with Gasteiger partial charge in [-0.05, 0) is 12.1 Å². The summed E-state index contributed by atoms with van der Waals surface area (Å²) < 4.78 is 12.9. The van der Waals surface area contributed by atoms with Crippen molar-refractivity contribution in [2.75, 3.05) is 33.9 Å². The van der Waals surface area contributed by atoms with Crippen molar-refractivity contribution in [1.82, 2.24) is 24.8 Å². The maximum atomic E-state index is 5.54. The van der Waals surface area contributed by atoms with Gasteiger partial charge in [0.25, 0.3) is 0 Å². The molecule has 0 bridgehead atoms. The highest BCUT2D eigenvalue weighted by Crippen LogP contribution is 2.35. The Morgan fingerprint density at radius 3 is 2.77 bits per heavy atom. The lowest BCUT2D eigenvalue weighted by molar-refractivity contribution is 0.143. The lowest BCUT2D eigenvalue weighted by Gasteiger charge is -2.35. The maximum absolute atomic E-state index is 5.54. The third-order valence-electron chi connectivity index (χ3n) is 5.07. The Bertz CT molecular complexity index is 949. The molecule has 2 aromatic heterocycles. The van der Waals surface area contributed by atoms with Crippen molar-refractivity contribution >= 4 is 36.2 Å². The molecule has 1 saturated heterocycles. The number of imidazole rings is 1. The zero-order valence-corrected chi connectivity index (χ0v) is 19.6. The Kier molecular flexibility index (Phi) is 8.93. The number of thiazole rings is 1. The van der Waals surface area contributed by atoms with Crippen molar-refractivity contribution < 1.29 is 9.47 Å². The van der Waals surface area contributed by atoms with E-state index in [4.69, 9.17) is 14.5 Å². The zero-order valence-electron chi connectivity index (χ0n) is 17.2. The molecule has 164 valence electrons. The highest BCUT2D eigenvalue weighted by atomic mass is 35.5. The molecule has 3 heterocycles. The van der Waals surface area contributed by atoms with Gasteiger partial charge >= 0.3 is 0 Å². The molecule has 1 aliphatic heterocycles. The second kappa shape index (κ2) is 11.0. The van der Waals surface area contributed by atoms with Crippen LogP contribution in [0.5, 0.6) is 11.5 Å². The first kappa shape index (κ1) is 24.4. The van der Waals surface area contributed by atoms with Gasteiger partial charge in [-0.25, -0.2) is 9.97 Å².